The largest absolute Gasteiger partial charge is 0.374 e. The Balaban J connectivity index is 1.80. The molecule has 3 heteroatoms. The van der Waals surface area contributed by atoms with Gasteiger partial charge in [-0.3, -0.25) is 4.90 Å². The van der Waals surface area contributed by atoms with Gasteiger partial charge in [-0.25, -0.2) is 0 Å². The number of likely N-dealkylation sites (N-methyl/N-ethyl adjacent to an activating group) is 1. The van der Waals surface area contributed by atoms with Crippen LogP contribution in [0, 0.1) is 5.92 Å². The number of fused-ring (bicyclic) bond motifs is 1. The molecule has 2 aliphatic rings. The van der Waals surface area contributed by atoms with Crippen LogP contribution in [0.5, 0.6) is 0 Å². The van der Waals surface area contributed by atoms with E-state index in [1.807, 2.05) is 0 Å². The summed E-state index contributed by atoms with van der Waals surface area (Å²) in [4.78, 5) is 4.97. The quantitative estimate of drug-likeness (QED) is 0.928. The second-order valence-corrected chi connectivity index (χ2v) is 6.88. The molecule has 2 aliphatic heterocycles. The zero-order chi connectivity index (χ0) is 14.8. The average Bonchev–Trinajstić information content (AvgIpc) is 2.72. The van der Waals surface area contributed by atoms with Crippen LogP contribution in [-0.2, 0) is 6.42 Å². The first-order valence-corrected chi connectivity index (χ1v) is 8.47. The zero-order valence-corrected chi connectivity index (χ0v) is 13.5. The minimum Gasteiger partial charge on any atom is -0.374 e. The van der Waals surface area contributed by atoms with E-state index >= 15 is 0 Å². The Morgan fingerprint density at radius 3 is 2.90 bits per heavy atom. The first kappa shape index (κ1) is 14.9. The van der Waals surface area contributed by atoms with Gasteiger partial charge in [0.15, 0.2) is 0 Å². The van der Waals surface area contributed by atoms with Crippen molar-refractivity contribution in [3.63, 3.8) is 0 Å². The molecular formula is C18H29N3. The summed E-state index contributed by atoms with van der Waals surface area (Å²) in [5.74, 6) is 0.863. The third kappa shape index (κ3) is 3.09. The Hall–Kier alpha value is -1.06. The van der Waals surface area contributed by atoms with Gasteiger partial charge in [0.1, 0.15) is 0 Å². The number of anilines is 1. The van der Waals surface area contributed by atoms with E-state index in [0.29, 0.717) is 6.04 Å². The summed E-state index contributed by atoms with van der Waals surface area (Å²) in [7, 11) is 2.18. The van der Waals surface area contributed by atoms with Crippen molar-refractivity contribution in [3.8, 4) is 0 Å². The van der Waals surface area contributed by atoms with Crippen molar-refractivity contribution in [1.82, 2.24) is 4.90 Å². The average molecular weight is 287 g/mol. The second-order valence-electron chi connectivity index (χ2n) is 6.88. The normalized spacial score (nSPS) is 24.7. The van der Waals surface area contributed by atoms with Crippen molar-refractivity contribution in [2.24, 2.45) is 11.7 Å². The summed E-state index contributed by atoms with van der Waals surface area (Å²) in [6.45, 7) is 6.64. The van der Waals surface area contributed by atoms with E-state index in [1.165, 1.54) is 55.6 Å². The summed E-state index contributed by atoms with van der Waals surface area (Å²) < 4.78 is 0. The molecule has 1 fully saturated rings. The molecule has 0 saturated carbocycles. The van der Waals surface area contributed by atoms with Gasteiger partial charge in [-0.1, -0.05) is 19.1 Å². The molecule has 0 bridgehead atoms. The smallest absolute Gasteiger partial charge is 0.0470 e. The van der Waals surface area contributed by atoms with E-state index in [9.17, 15) is 0 Å². The Labute approximate surface area is 129 Å². The van der Waals surface area contributed by atoms with E-state index in [-0.39, 0.29) is 0 Å². The van der Waals surface area contributed by atoms with Crippen LogP contribution in [0.1, 0.15) is 43.4 Å². The number of rotatable bonds is 3. The topological polar surface area (TPSA) is 32.5 Å². The highest BCUT2D eigenvalue weighted by Gasteiger charge is 2.24. The van der Waals surface area contributed by atoms with Crippen LogP contribution in [0.4, 0.5) is 5.69 Å². The Kier molecular flexibility index (Phi) is 4.51. The predicted octanol–water partition coefficient (Wildman–Crippen LogP) is 2.80. The molecule has 2 heterocycles. The van der Waals surface area contributed by atoms with Crippen molar-refractivity contribution in [2.45, 2.75) is 38.6 Å². The molecule has 3 rings (SSSR count). The summed E-state index contributed by atoms with van der Waals surface area (Å²) in [6.07, 6.45) is 5.16. The standard InChI is InChI=1S/C18H29N3/c1-14-4-3-9-21(11-7-14)18(13-19)15-5-6-17-16(12-15)8-10-20(17)2/h5-6,12,14,18H,3-4,7-11,13,19H2,1-2H3. The van der Waals surface area contributed by atoms with Crippen molar-refractivity contribution in [1.29, 1.82) is 0 Å². The van der Waals surface area contributed by atoms with Gasteiger partial charge in [0.2, 0.25) is 0 Å². The fourth-order valence-corrected chi connectivity index (χ4v) is 3.89. The number of hydrogen-bond donors (Lipinski definition) is 1. The Bertz CT molecular complexity index is 485. The third-order valence-electron chi connectivity index (χ3n) is 5.33. The van der Waals surface area contributed by atoms with Crippen LogP contribution < -0.4 is 10.6 Å². The molecule has 0 amide bonds. The summed E-state index contributed by atoms with van der Waals surface area (Å²) >= 11 is 0. The van der Waals surface area contributed by atoms with Gasteiger partial charge in [-0.05, 0) is 61.9 Å². The second kappa shape index (κ2) is 6.37. The van der Waals surface area contributed by atoms with Crippen LogP contribution in [0.15, 0.2) is 18.2 Å². The van der Waals surface area contributed by atoms with Crippen LogP contribution in [0.3, 0.4) is 0 Å². The van der Waals surface area contributed by atoms with E-state index in [0.717, 1.165) is 19.0 Å². The minimum absolute atomic E-state index is 0.395. The first-order chi connectivity index (χ1) is 10.2. The molecule has 0 radical (unpaired) electrons. The van der Waals surface area contributed by atoms with E-state index in [1.54, 1.807) is 0 Å². The Morgan fingerprint density at radius 1 is 1.24 bits per heavy atom. The maximum absolute atomic E-state index is 6.14. The van der Waals surface area contributed by atoms with Crippen molar-refractivity contribution in [3.05, 3.63) is 29.3 Å². The van der Waals surface area contributed by atoms with Gasteiger partial charge in [0.05, 0.1) is 0 Å². The van der Waals surface area contributed by atoms with Crippen LogP contribution in [0.2, 0.25) is 0 Å². The van der Waals surface area contributed by atoms with Crippen molar-refractivity contribution < 1.29 is 0 Å². The molecule has 0 aliphatic carbocycles. The highest BCUT2D eigenvalue weighted by Crippen LogP contribution is 2.32. The van der Waals surface area contributed by atoms with Crippen LogP contribution in [0.25, 0.3) is 0 Å². The highest BCUT2D eigenvalue weighted by atomic mass is 15.2. The SMILES string of the molecule is CC1CCCN(C(CN)c2ccc3c(c2)CCN3C)CC1. The van der Waals surface area contributed by atoms with Gasteiger partial charge < -0.3 is 10.6 Å². The maximum Gasteiger partial charge on any atom is 0.0470 e. The fraction of sp³-hybridized carbons (Fsp3) is 0.667. The monoisotopic (exact) mass is 287 g/mol. The van der Waals surface area contributed by atoms with Crippen LogP contribution >= 0.6 is 0 Å². The summed E-state index contributed by atoms with van der Waals surface area (Å²) in [5, 5.41) is 0. The molecular weight excluding hydrogens is 258 g/mol. The molecule has 2 atom stereocenters. The van der Waals surface area contributed by atoms with Gasteiger partial charge in [0, 0.05) is 31.9 Å². The van der Waals surface area contributed by atoms with Gasteiger partial charge in [-0.15, -0.1) is 0 Å². The maximum atomic E-state index is 6.14. The predicted molar refractivity (Wildman–Crippen MR) is 89.8 cm³/mol. The molecule has 2 N–H and O–H groups in total. The number of likely N-dealkylation sites (tertiary alicyclic amines) is 1. The number of nitrogens with two attached hydrogens (primary N) is 1. The van der Waals surface area contributed by atoms with Gasteiger partial charge >= 0.3 is 0 Å². The number of nitrogens with zero attached hydrogens (tertiary/aromatic N) is 2. The summed E-state index contributed by atoms with van der Waals surface area (Å²) in [6, 6.07) is 7.39. The van der Waals surface area contributed by atoms with Crippen molar-refractivity contribution >= 4 is 5.69 Å². The van der Waals surface area contributed by atoms with Crippen molar-refractivity contribution in [2.75, 3.05) is 38.1 Å². The molecule has 0 spiro atoms. The van der Waals surface area contributed by atoms with Gasteiger partial charge in [0.25, 0.3) is 0 Å². The number of benzene rings is 1. The molecule has 1 aromatic carbocycles. The zero-order valence-electron chi connectivity index (χ0n) is 13.5. The minimum atomic E-state index is 0.395. The molecule has 1 aromatic rings. The summed E-state index contributed by atoms with van der Waals surface area (Å²) in [5.41, 5.74) is 10.5. The fourth-order valence-electron chi connectivity index (χ4n) is 3.89. The molecule has 3 nitrogen and oxygen atoms in total. The molecule has 2 unspecified atom stereocenters. The first-order valence-electron chi connectivity index (χ1n) is 8.47. The lowest BCUT2D eigenvalue weighted by molar-refractivity contribution is 0.207. The highest BCUT2D eigenvalue weighted by molar-refractivity contribution is 5.58. The lowest BCUT2D eigenvalue weighted by Gasteiger charge is -2.30. The molecule has 1 saturated heterocycles. The van der Waals surface area contributed by atoms with Gasteiger partial charge in [-0.2, -0.15) is 0 Å². The number of hydrogen-bond acceptors (Lipinski definition) is 3. The van der Waals surface area contributed by atoms with E-state index in [4.69, 9.17) is 5.73 Å². The molecule has 21 heavy (non-hydrogen) atoms. The molecule has 0 aromatic heterocycles. The van der Waals surface area contributed by atoms with Crippen LogP contribution in [-0.4, -0.2) is 38.1 Å². The van der Waals surface area contributed by atoms with E-state index in [2.05, 4.69) is 42.0 Å². The lowest BCUT2D eigenvalue weighted by atomic mass is 10.0. The third-order valence-corrected chi connectivity index (χ3v) is 5.33. The van der Waals surface area contributed by atoms with E-state index < -0.39 is 0 Å². The lowest BCUT2D eigenvalue weighted by Crippen LogP contribution is -2.34. The molecule has 116 valence electrons. The Morgan fingerprint density at radius 2 is 2.10 bits per heavy atom.